The maximum atomic E-state index is 12.4. The van der Waals surface area contributed by atoms with Crippen LogP contribution >= 0.6 is 0 Å². The molecule has 2 aliphatic rings. The number of anilines is 1. The minimum Gasteiger partial charge on any atom is -0.373 e. The fraction of sp³-hybridized carbons (Fsp3) is 0.500. The van der Waals surface area contributed by atoms with Gasteiger partial charge >= 0.3 is 0 Å². The molecular weight excluding hydrogens is 310 g/mol. The van der Waals surface area contributed by atoms with Gasteiger partial charge in [0.2, 0.25) is 11.8 Å². The number of hydrogen-bond acceptors (Lipinski definition) is 5. The molecule has 2 fully saturated rings. The van der Waals surface area contributed by atoms with Gasteiger partial charge in [0.25, 0.3) is 5.91 Å². The third-order valence-corrected chi connectivity index (χ3v) is 4.63. The fourth-order valence-corrected chi connectivity index (χ4v) is 3.13. The van der Waals surface area contributed by atoms with Crippen molar-refractivity contribution in [2.24, 2.45) is 5.92 Å². The maximum Gasteiger partial charge on any atom is 0.255 e. The Kier molecular flexibility index (Phi) is 4.37. The normalized spacial score (nSPS) is 20.8. The van der Waals surface area contributed by atoms with Gasteiger partial charge in [-0.1, -0.05) is 0 Å². The van der Waals surface area contributed by atoms with Gasteiger partial charge in [-0.05, 0) is 12.1 Å². The molecule has 0 spiro atoms. The Balaban J connectivity index is 1.56. The van der Waals surface area contributed by atoms with E-state index >= 15 is 0 Å². The van der Waals surface area contributed by atoms with E-state index in [1.807, 2.05) is 0 Å². The van der Waals surface area contributed by atoms with Gasteiger partial charge < -0.3 is 20.4 Å². The molecule has 0 aliphatic carbocycles. The first-order valence-electron chi connectivity index (χ1n) is 7.97. The first kappa shape index (κ1) is 16.2. The van der Waals surface area contributed by atoms with E-state index in [9.17, 15) is 14.4 Å². The smallest absolute Gasteiger partial charge is 0.255 e. The van der Waals surface area contributed by atoms with Crippen molar-refractivity contribution in [3.63, 3.8) is 0 Å². The maximum absolute atomic E-state index is 12.4. The summed E-state index contributed by atoms with van der Waals surface area (Å²) in [5.74, 6) is 0.215. The molecule has 1 atom stereocenters. The summed E-state index contributed by atoms with van der Waals surface area (Å²) in [4.78, 5) is 43.7. The number of nitrogens with zero attached hydrogens (tertiary/aromatic N) is 3. The minimum atomic E-state index is -0.287. The second-order valence-electron chi connectivity index (χ2n) is 6.11. The van der Waals surface area contributed by atoms with Crippen molar-refractivity contribution in [3.05, 3.63) is 23.9 Å². The van der Waals surface area contributed by atoms with Crippen LogP contribution in [0.25, 0.3) is 0 Å². The van der Waals surface area contributed by atoms with Crippen molar-refractivity contribution in [2.75, 3.05) is 39.0 Å². The number of pyridine rings is 1. The second kappa shape index (κ2) is 6.46. The Morgan fingerprint density at radius 1 is 1.21 bits per heavy atom. The molecule has 0 aromatic carbocycles. The molecule has 3 amide bonds. The van der Waals surface area contributed by atoms with Crippen molar-refractivity contribution in [1.82, 2.24) is 20.1 Å². The van der Waals surface area contributed by atoms with E-state index in [-0.39, 0.29) is 36.1 Å². The first-order valence-corrected chi connectivity index (χ1v) is 7.97. The quantitative estimate of drug-likeness (QED) is 0.779. The molecule has 3 heterocycles. The van der Waals surface area contributed by atoms with Gasteiger partial charge in [-0.15, -0.1) is 0 Å². The van der Waals surface area contributed by atoms with E-state index in [1.165, 1.54) is 0 Å². The zero-order valence-corrected chi connectivity index (χ0v) is 13.8. The summed E-state index contributed by atoms with van der Waals surface area (Å²) in [5.41, 5.74) is 0.531. The van der Waals surface area contributed by atoms with E-state index < -0.39 is 0 Å². The molecule has 1 unspecified atom stereocenters. The van der Waals surface area contributed by atoms with Crippen LogP contribution in [0.15, 0.2) is 18.3 Å². The average molecular weight is 331 g/mol. The third-order valence-electron chi connectivity index (χ3n) is 4.63. The number of aromatic nitrogens is 1. The van der Waals surface area contributed by atoms with Gasteiger partial charge in [-0.2, -0.15) is 0 Å². The molecule has 8 nitrogen and oxygen atoms in total. The lowest BCUT2D eigenvalue weighted by Crippen LogP contribution is -2.61. The van der Waals surface area contributed by atoms with Crippen LogP contribution in [-0.4, -0.2) is 72.3 Å². The van der Waals surface area contributed by atoms with Crippen LogP contribution in [0.1, 0.15) is 16.8 Å². The Labute approximate surface area is 140 Å². The number of nitrogens with one attached hydrogen (secondary N) is 2. The first-order chi connectivity index (χ1) is 11.5. The van der Waals surface area contributed by atoms with E-state index in [1.54, 1.807) is 42.2 Å². The molecule has 2 N–H and O–H groups in total. The molecule has 0 saturated carbocycles. The van der Waals surface area contributed by atoms with Crippen molar-refractivity contribution < 1.29 is 14.4 Å². The van der Waals surface area contributed by atoms with Gasteiger partial charge in [0, 0.05) is 46.3 Å². The predicted octanol–water partition coefficient (Wildman–Crippen LogP) is -0.458. The standard InChI is InChI=1S/C16H21N5O3/c1-17-13-4-3-10(6-19-13)16(24)20-8-12(9-20)21-7-11(5-14(21)22)15(23)18-2/h3-4,6,11-12H,5,7-9H2,1-2H3,(H,17,19)(H,18,23). The highest BCUT2D eigenvalue weighted by molar-refractivity contribution is 5.95. The van der Waals surface area contributed by atoms with Crippen molar-refractivity contribution in [1.29, 1.82) is 0 Å². The predicted molar refractivity (Wildman–Crippen MR) is 87.4 cm³/mol. The molecule has 24 heavy (non-hydrogen) atoms. The number of likely N-dealkylation sites (tertiary alicyclic amines) is 2. The fourth-order valence-electron chi connectivity index (χ4n) is 3.13. The topological polar surface area (TPSA) is 94.6 Å². The van der Waals surface area contributed by atoms with Crippen LogP contribution in [0.3, 0.4) is 0 Å². The summed E-state index contributed by atoms with van der Waals surface area (Å²) in [6.45, 7) is 1.43. The van der Waals surface area contributed by atoms with E-state index in [2.05, 4.69) is 15.6 Å². The van der Waals surface area contributed by atoms with Crippen LogP contribution < -0.4 is 10.6 Å². The Morgan fingerprint density at radius 2 is 1.96 bits per heavy atom. The molecule has 0 bridgehead atoms. The highest BCUT2D eigenvalue weighted by Crippen LogP contribution is 2.26. The largest absolute Gasteiger partial charge is 0.373 e. The highest BCUT2D eigenvalue weighted by Gasteiger charge is 2.43. The third kappa shape index (κ3) is 2.91. The molecule has 2 saturated heterocycles. The molecular formula is C16H21N5O3. The molecule has 0 radical (unpaired) electrons. The Hall–Kier alpha value is -2.64. The molecule has 1 aromatic rings. The van der Waals surface area contributed by atoms with Gasteiger partial charge in [0.1, 0.15) is 5.82 Å². The number of amides is 3. The number of hydrogen-bond donors (Lipinski definition) is 2. The Bertz CT molecular complexity index is 654. The van der Waals surface area contributed by atoms with Crippen LogP contribution in [0.5, 0.6) is 0 Å². The van der Waals surface area contributed by atoms with Gasteiger partial charge in [-0.3, -0.25) is 14.4 Å². The summed E-state index contributed by atoms with van der Waals surface area (Å²) in [5, 5.41) is 5.49. The van der Waals surface area contributed by atoms with Crippen LogP contribution in [0.2, 0.25) is 0 Å². The molecule has 1 aromatic heterocycles. The molecule has 8 heteroatoms. The lowest BCUT2D eigenvalue weighted by Gasteiger charge is -2.44. The number of carbonyl (C=O) groups is 3. The van der Waals surface area contributed by atoms with Crippen LogP contribution in [0, 0.1) is 5.92 Å². The van der Waals surface area contributed by atoms with Gasteiger partial charge in [0.15, 0.2) is 0 Å². The Morgan fingerprint density at radius 3 is 2.54 bits per heavy atom. The summed E-state index contributed by atoms with van der Waals surface area (Å²) in [6, 6.07) is 3.49. The van der Waals surface area contributed by atoms with Crippen LogP contribution in [0.4, 0.5) is 5.82 Å². The SMILES string of the molecule is CNC(=O)C1CC(=O)N(C2CN(C(=O)c3ccc(NC)nc3)C2)C1. The van der Waals surface area contributed by atoms with Gasteiger partial charge in [0.05, 0.1) is 17.5 Å². The summed E-state index contributed by atoms with van der Waals surface area (Å²) in [6.07, 6.45) is 1.80. The second-order valence-corrected chi connectivity index (χ2v) is 6.11. The summed E-state index contributed by atoms with van der Waals surface area (Å²) < 4.78 is 0. The monoisotopic (exact) mass is 331 g/mol. The van der Waals surface area contributed by atoms with Crippen molar-refractivity contribution >= 4 is 23.5 Å². The number of carbonyl (C=O) groups excluding carboxylic acids is 3. The van der Waals surface area contributed by atoms with E-state index in [0.717, 1.165) is 0 Å². The van der Waals surface area contributed by atoms with Crippen molar-refractivity contribution in [2.45, 2.75) is 12.5 Å². The van der Waals surface area contributed by atoms with E-state index in [4.69, 9.17) is 0 Å². The highest BCUT2D eigenvalue weighted by atomic mass is 16.2. The summed E-state index contributed by atoms with van der Waals surface area (Å²) in [7, 11) is 3.34. The van der Waals surface area contributed by atoms with Crippen LogP contribution in [-0.2, 0) is 9.59 Å². The zero-order valence-electron chi connectivity index (χ0n) is 13.8. The van der Waals surface area contributed by atoms with Crippen molar-refractivity contribution in [3.8, 4) is 0 Å². The lowest BCUT2D eigenvalue weighted by atomic mass is 10.1. The van der Waals surface area contributed by atoms with Gasteiger partial charge in [-0.25, -0.2) is 4.98 Å². The van der Waals surface area contributed by atoms with E-state index in [0.29, 0.717) is 31.0 Å². The number of rotatable bonds is 4. The lowest BCUT2D eigenvalue weighted by molar-refractivity contribution is -0.132. The zero-order chi connectivity index (χ0) is 17.3. The molecule has 128 valence electrons. The average Bonchev–Trinajstić information content (AvgIpc) is 2.94. The molecule has 2 aliphatic heterocycles. The summed E-state index contributed by atoms with van der Waals surface area (Å²) >= 11 is 0. The minimum absolute atomic E-state index is 0.000599. The molecule has 3 rings (SSSR count).